The second-order valence-electron chi connectivity index (χ2n) is 6.15. The van der Waals surface area contributed by atoms with Crippen molar-refractivity contribution in [2.24, 2.45) is 0 Å². The van der Waals surface area contributed by atoms with Gasteiger partial charge in [0.2, 0.25) is 11.0 Å². The molecule has 0 radical (unpaired) electrons. The zero-order valence-corrected chi connectivity index (χ0v) is 16.9. The van der Waals surface area contributed by atoms with Gasteiger partial charge in [-0.15, -0.1) is 10.2 Å². The third kappa shape index (κ3) is 6.08. The third-order valence-electron chi connectivity index (χ3n) is 3.91. The van der Waals surface area contributed by atoms with Gasteiger partial charge in [-0.2, -0.15) is 0 Å². The number of amides is 1. The van der Waals surface area contributed by atoms with E-state index in [0.29, 0.717) is 0 Å². The lowest BCUT2D eigenvalue weighted by Gasteiger charge is -2.10. The van der Waals surface area contributed by atoms with Gasteiger partial charge in [-0.1, -0.05) is 71.1 Å². The molecule has 3 aromatic rings. The Labute approximate surface area is 167 Å². The highest BCUT2D eigenvalue weighted by atomic mass is 32.2. The average molecular weight is 399 g/mol. The second-order valence-corrected chi connectivity index (χ2v) is 8.72. The Bertz CT molecular complexity index is 865. The molecule has 1 amide bonds. The van der Waals surface area contributed by atoms with Crippen molar-refractivity contribution >= 4 is 39.8 Å². The number of benzene rings is 2. The number of rotatable bonds is 8. The summed E-state index contributed by atoms with van der Waals surface area (Å²) in [5.74, 6) is -0.0439. The lowest BCUT2D eigenvalue weighted by atomic mass is 10.2. The minimum Gasteiger partial charge on any atom is -0.360 e. The van der Waals surface area contributed by atoms with E-state index in [-0.39, 0.29) is 11.2 Å². The van der Waals surface area contributed by atoms with Crippen LogP contribution in [-0.2, 0) is 11.2 Å². The Morgan fingerprint density at radius 2 is 1.85 bits per heavy atom. The van der Waals surface area contributed by atoms with Crippen LogP contribution >= 0.6 is 23.1 Å². The number of aryl methyl sites for hydroxylation is 1. The summed E-state index contributed by atoms with van der Waals surface area (Å²) in [6.07, 6.45) is 0.929. The van der Waals surface area contributed by atoms with E-state index in [2.05, 4.69) is 33.0 Å². The van der Waals surface area contributed by atoms with Crippen LogP contribution in [0.25, 0.3) is 0 Å². The number of aromatic nitrogens is 2. The molecule has 3 rings (SSSR count). The Kier molecular flexibility index (Phi) is 6.84. The predicted octanol–water partition coefficient (Wildman–Crippen LogP) is 4.62. The number of thioether (sulfide) groups is 1. The van der Waals surface area contributed by atoms with Gasteiger partial charge in [-0.05, 0) is 38.0 Å². The molecule has 0 bridgehead atoms. The lowest BCUT2D eigenvalue weighted by molar-refractivity contribution is -0.115. The Morgan fingerprint density at radius 3 is 2.59 bits per heavy atom. The topological polar surface area (TPSA) is 66.9 Å². The third-order valence-corrected chi connectivity index (χ3v) is 5.97. The Hall–Kier alpha value is -2.38. The second kappa shape index (κ2) is 9.53. The first kappa shape index (κ1) is 19.4. The number of hydrogen-bond donors (Lipinski definition) is 2. The summed E-state index contributed by atoms with van der Waals surface area (Å²) in [6.45, 7) is 4.69. The first-order valence-corrected chi connectivity index (χ1v) is 10.5. The number of nitrogens with zero attached hydrogens (tertiary/aromatic N) is 2. The number of carbonyl (C=O) groups excluding carboxylic acids is 1. The highest BCUT2D eigenvalue weighted by Gasteiger charge is 2.17. The van der Waals surface area contributed by atoms with Crippen LogP contribution in [-0.4, -0.2) is 27.9 Å². The molecule has 5 nitrogen and oxygen atoms in total. The molecule has 1 unspecified atom stereocenters. The molecular formula is C20H22N4OS2. The summed E-state index contributed by atoms with van der Waals surface area (Å²) in [5, 5.41) is 15.1. The van der Waals surface area contributed by atoms with E-state index in [1.54, 1.807) is 0 Å². The van der Waals surface area contributed by atoms with E-state index in [1.807, 2.05) is 56.3 Å². The van der Waals surface area contributed by atoms with Crippen molar-refractivity contribution in [2.75, 3.05) is 17.2 Å². The lowest BCUT2D eigenvalue weighted by Crippen LogP contribution is -2.22. The minimum absolute atomic E-state index is 0.0439. The van der Waals surface area contributed by atoms with Gasteiger partial charge in [0.15, 0.2) is 4.34 Å². The Balaban J connectivity index is 1.46. The number of carbonyl (C=O) groups is 1. The van der Waals surface area contributed by atoms with Gasteiger partial charge in [0.1, 0.15) is 0 Å². The van der Waals surface area contributed by atoms with E-state index in [4.69, 9.17) is 0 Å². The monoisotopic (exact) mass is 398 g/mol. The molecule has 2 aromatic carbocycles. The van der Waals surface area contributed by atoms with Crippen LogP contribution in [0.4, 0.5) is 10.8 Å². The molecule has 27 heavy (non-hydrogen) atoms. The molecule has 0 spiro atoms. The SMILES string of the molecule is Cc1ccc(NC(=O)C(C)Sc2nnc(NCCc3ccccc3)s2)cc1. The maximum Gasteiger partial charge on any atom is 0.237 e. The van der Waals surface area contributed by atoms with Crippen LogP contribution in [0.3, 0.4) is 0 Å². The molecule has 0 aliphatic carbocycles. The van der Waals surface area contributed by atoms with Crippen LogP contribution < -0.4 is 10.6 Å². The first-order chi connectivity index (χ1) is 13.1. The summed E-state index contributed by atoms with van der Waals surface area (Å²) in [4.78, 5) is 12.3. The van der Waals surface area contributed by atoms with Gasteiger partial charge in [-0.25, -0.2) is 0 Å². The molecule has 1 aromatic heterocycles. The van der Waals surface area contributed by atoms with Crippen LogP contribution in [0.1, 0.15) is 18.1 Å². The summed E-state index contributed by atoms with van der Waals surface area (Å²) in [5.41, 5.74) is 3.25. The van der Waals surface area contributed by atoms with E-state index in [9.17, 15) is 4.79 Å². The Morgan fingerprint density at radius 1 is 1.11 bits per heavy atom. The predicted molar refractivity (Wildman–Crippen MR) is 114 cm³/mol. The highest BCUT2D eigenvalue weighted by Crippen LogP contribution is 2.29. The summed E-state index contributed by atoms with van der Waals surface area (Å²) >= 11 is 2.89. The van der Waals surface area contributed by atoms with Crippen LogP contribution in [0, 0.1) is 6.92 Å². The zero-order chi connectivity index (χ0) is 19.1. The highest BCUT2D eigenvalue weighted by molar-refractivity contribution is 8.02. The van der Waals surface area contributed by atoms with Crippen molar-refractivity contribution in [1.82, 2.24) is 10.2 Å². The molecule has 0 saturated carbocycles. The molecule has 0 aliphatic rings. The molecular weight excluding hydrogens is 376 g/mol. The van der Waals surface area contributed by atoms with Crippen molar-refractivity contribution in [2.45, 2.75) is 29.9 Å². The van der Waals surface area contributed by atoms with Crippen LogP contribution in [0.15, 0.2) is 58.9 Å². The van der Waals surface area contributed by atoms with E-state index in [0.717, 1.165) is 33.7 Å². The molecule has 0 aliphatic heterocycles. The van der Waals surface area contributed by atoms with Gasteiger partial charge in [-0.3, -0.25) is 4.79 Å². The van der Waals surface area contributed by atoms with E-state index >= 15 is 0 Å². The molecule has 140 valence electrons. The fourth-order valence-corrected chi connectivity index (χ4v) is 4.29. The minimum atomic E-state index is -0.253. The van der Waals surface area contributed by atoms with Gasteiger partial charge >= 0.3 is 0 Å². The molecule has 0 saturated heterocycles. The van der Waals surface area contributed by atoms with E-state index < -0.39 is 0 Å². The maximum atomic E-state index is 12.3. The maximum absolute atomic E-state index is 12.3. The van der Waals surface area contributed by atoms with Gasteiger partial charge in [0.25, 0.3) is 0 Å². The summed E-state index contributed by atoms with van der Waals surface area (Å²) in [7, 11) is 0. The van der Waals surface area contributed by atoms with E-state index in [1.165, 1.54) is 28.7 Å². The number of anilines is 2. The van der Waals surface area contributed by atoms with Crippen molar-refractivity contribution in [3.8, 4) is 0 Å². The normalized spacial score (nSPS) is 11.8. The largest absolute Gasteiger partial charge is 0.360 e. The number of hydrogen-bond acceptors (Lipinski definition) is 6. The molecule has 1 atom stereocenters. The van der Waals surface area contributed by atoms with Crippen LogP contribution in [0.5, 0.6) is 0 Å². The fraction of sp³-hybridized carbons (Fsp3) is 0.250. The smallest absolute Gasteiger partial charge is 0.237 e. The fourth-order valence-electron chi connectivity index (χ4n) is 2.37. The molecule has 2 N–H and O–H groups in total. The molecule has 1 heterocycles. The standard InChI is InChI=1S/C20H22N4OS2/c1-14-8-10-17(11-9-14)22-18(25)15(2)26-20-24-23-19(27-20)21-13-12-16-6-4-3-5-7-16/h3-11,15H,12-13H2,1-2H3,(H,21,23)(H,22,25). The van der Waals surface area contributed by atoms with Crippen molar-refractivity contribution in [3.63, 3.8) is 0 Å². The van der Waals surface area contributed by atoms with Crippen molar-refractivity contribution in [1.29, 1.82) is 0 Å². The first-order valence-electron chi connectivity index (χ1n) is 8.75. The quantitative estimate of drug-likeness (QED) is 0.542. The van der Waals surface area contributed by atoms with Gasteiger partial charge < -0.3 is 10.6 Å². The molecule has 7 heteroatoms. The zero-order valence-electron chi connectivity index (χ0n) is 15.3. The van der Waals surface area contributed by atoms with Gasteiger partial charge in [0, 0.05) is 12.2 Å². The van der Waals surface area contributed by atoms with Gasteiger partial charge in [0.05, 0.1) is 5.25 Å². The van der Waals surface area contributed by atoms with Crippen molar-refractivity contribution in [3.05, 3.63) is 65.7 Å². The summed E-state index contributed by atoms with van der Waals surface area (Å²) < 4.78 is 0.781. The van der Waals surface area contributed by atoms with Crippen molar-refractivity contribution < 1.29 is 4.79 Å². The van der Waals surface area contributed by atoms with Crippen LogP contribution in [0.2, 0.25) is 0 Å². The number of nitrogens with one attached hydrogen (secondary N) is 2. The molecule has 0 fully saturated rings. The summed E-state index contributed by atoms with van der Waals surface area (Å²) in [6, 6.07) is 18.1. The average Bonchev–Trinajstić information content (AvgIpc) is 3.11.